The molecule has 1 aliphatic carbocycles. The number of hydrogen-bond acceptors (Lipinski definition) is 5. The fourth-order valence-corrected chi connectivity index (χ4v) is 3.20. The normalized spacial score (nSPS) is 24.9. The second-order valence-corrected chi connectivity index (χ2v) is 6.78. The molecule has 2 fully saturated rings. The maximum atomic E-state index is 12.6. The molecule has 0 radical (unpaired) electrons. The molecular formula is C14H19NO5S. The van der Waals surface area contributed by atoms with Crippen molar-refractivity contribution in [3.63, 3.8) is 0 Å². The van der Waals surface area contributed by atoms with Crippen molar-refractivity contribution in [1.82, 2.24) is 4.90 Å². The van der Waals surface area contributed by atoms with Crippen LogP contribution in [0.2, 0.25) is 0 Å². The Morgan fingerprint density at radius 3 is 2.29 bits per heavy atom. The lowest BCUT2D eigenvalue weighted by Crippen LogP contribution is -2.48. The fourth-order valence-electron chi connectivity index (χ4n) is 3.06. The zero-order valence-corrected chi connectivity index (χ0v) is 13.0. The summed E-state index contributed by atoms with van der Waals surface area (Å²) in [6, 6.07) is -1.12. The number of amides is 1. The van der Waals surface area contributed by atoms with Crippen molar-refractivity contribution in [2.24, 2.45) is 10.8 Å². The number of rotatable bonds is 3. The molecule has 6 nitrogen and oxygen atoms in total. The summed E-state index contributed by atoms with van der Waals surface area (Å²) in [4.78, 5) is 49.4. The number of Topliss-reactive ketones (excluding diaryl/α,β-unsaturated/α-hetero) is 2. The number of thiol groups is 1. The molecule has 21 heavy (non-hydrogen) atoms. The van der Waals surface area contributed by atoms with Crippen LogP contribution in [0.3, 0.4) is 0 Å². The Morgan fingerprint density at radius 1 is 1.33 bits per heavy atom. The molecule has 1 heterocycles. The lowest BCUT2D eigenvalue weighted by Gasteiger charge is -2.30. The minimum Gasteiger partial charge on any atom is -0.480 e. The van der Waals surface area contributed by atoms with E-state index < -0.39 is 22.8 Å². The van der Waals surface area contributed by atoms with Crippen LogP contribution in [0.15, 0.2) is 0 Å². The summed E-state index contributed by atoms with van der Waals surface area (Å²) < 4.78 is 0. The van der Waals surface area contributed by atoms with Crippen molar-refractivity contribution in [2.75, 3.05) is 12.3 Å². The predicted molar refractivity (Wildman–Crippen MR) is 77.1 cm³/mol. The summed E-state index contributed by atoms with van der Waals surface area (Å²) in [6.45, 7) is 3.23. The van der Waals surface area contributed by atoms with Gasteiger partial charge in [0.15, 0.2) is 0 Å². The van der Waals surface area contributed by atoms with Crippen LogP contribution in [0, 0.1) is 10.8 Å². The first-order valence-corrected chi connectivity index (χ1v) is 7.50. The van der Waals surface area contributed by atoms with Gasteiger partial charge in [0.1, 0.15) is 23.0 Å². The number of carboxylic acid groups (broad SMARTS) is 1. The molecule has 2 rings (SSSR count). The molecule has 0 aromatic carbocycles. The number of hydrogen-bond donors (Lipinski definition) is 2. The number of nitrogens with zero attached hydrogens (tertiary/aromatic N) is 1. The SMILES string of the molecule is CC(C)(CS)C(=O)N1CC2(C[C@H]1C(=O)O)C(=O)CCC2=O. The van der Waals surface area contributed by atoms with Crippen molar-refractivity contribution in [2.45, 2.75) is 39.2 Å². The van der Waals surface area contributed by atoms with Crippen LogP contribution >= 0.6 is 12.6 Å². The third kappa shape index (κ3) is 2.37. The first-order chi connectivity index (χ1) is 9.65. The molecule has 0 aromatic rings. The topological polar surface area (TPSA) is 91.8 Å². The average molecular weight is 313 g/mol. The van der Waals surface area contributed by atoms with Gasteiger partial charge in [0.05, 0.1) is 5.41 Å². The van der Waals surface area contributed by atoms with Gasteiger partial charge in [-0.05, 0) is 6.42 Å². The molecule has 1 aliphatic heterocycles. The quantitative estimate of drug-likeness (QED) is 0.586. The summed E-state index contributed by atoms with van der Waals surface area (Å²) >= 11 is 4.12. The summed E-state index contributed by atoms with van der Waals surface area (Å²) in [5.74, 6) is -1.78. The van der Waals surface area contributed by atoms with Gasteiger partial charge in [-0.2, -0.15) is 12.6 Å². The van der Waals surface area contributed by atoms with E-state index in [-0.39, 0.29) is 49.0 Å². The highest BCUT2D eigenvalue weighted by molar-refractivity contribution is 7.80. The lowest BCUT2D eigenvalue weighted by molar-refractivity contribution is -0.151. The van der Waals surface area contributed by atoms with Gasteiger partial charge in [0.25, 0.3) is 0 Å². The van der Waals surface area contributed by atoms with Gasteiger partial charge in [0.2, 0.25) is 5.91 Å². The van der Waals surface area contributed by atoms with E-state index in [0.29, 0.717) is 0 Å². The number of carbonyl (C=O) groups excluding carboxylic acids is 3. The van der Waals surface area contributed by atoms with E-state index >= 15 is 0 Å². The van der Waals surface area contributed by atoms with Crippen molar-refractivity contribution < 1.29 is 24.3 Å². The van der Waals surface area contributed by atoms with Crippen molar-refractivity contribution in [3.05, 3.63) is 0 Å². The smallest absolute Gasteiger partial charge is 0.326 e. The Morgan fingerprint density at radius 2 is 1.86 bits per heavy atom. The number of ketones is 2. The minimum atomic E-state index is -1.30. The standard InChI is InChI=1S/C14H19NO5S/c1-13(2,7-21)12(20)15-6-14(5-8(15)11(18)19)9(16)3-4-10(14)17/h8,21H,3-7H2,1-2H3,(H,18,19)/t8-/m0/s1. The van der Waals surface area contributed by atoms with Gasteiger partial charge >= 0.3 is 5.97 Å². The van der Waals surface area contributed by atoms with E-state index in [1.807, 2.05) is 0 Å². The van der Waals surface area contributed by atoms with Crippen molar-refractivity contribution in [1.29, 1.82) is 0 Å². The average Bonchev–Trinajstić information content (AvgIpc) is 2.96. The highest BCUT2D eigenvalue weighted by Crippen LogP contribution is 2.44. The van der Waals surface area contributed by atoms with Crippen LogP contribution in [0.25, 0.3) is 0 Å². The number of likely N-dealkylation sites (tertiary alicyclic amines) is 1. The minimum absolute atomic E-state index is 0.103. The third-order valence-corrected chi connectivity index (χ3v) is 5.32. The van der Waals surface area contributed by atoms with E-state index in [2.05, 4.69) is 12.6 Å². The third-order valence-electron chi connectivity index (χ3n) is 4.53. The lowest BCUT2D eigenvalue weighted by atomic mass is 9.82. The molecule has 2 aliphatic rings. The molecule has 116 valence electrons. The second-order valence-electron chi connectivity index (χ2n) is 6.46. The Labute approximate surface area is 128 Å². The Hall–Kier alpha value is -1.37. The van der Waals surface area contributed by atoms with Crippen LogP contribution in [0.1, 0.15) is 33.1 Å². The maximum Gasteiger partial charge on any atom is 0.326 e. The summed E-state index contributed by atoms with van der Waals surface area (Å²) in [5, 5.41) is 9.35. The Bertz CT molecular complexity index is 511. The largest absolute Gasteiger partial charge is 0.480 e. The highest BCUT2D eigenvalue weighted by Gasteiger charge is 2.60. The maximum absolute atomic E-state index is 12.6. The fraction of sp³-hybridized carbons (Fsp3) is 0.714. The molecule has 0 unspecified atom stereocenters. The molecule has 1 saturated heterocycles. The van der Waals surface area contributed by atoms with E-state index in [1.165, 1.54) is 4.90 Å². The first kappa shape index (κ1) is 16.0. The highest BCUT2D eigenvalue weighted by atomic mass is 32.1. The molecule has 1 atom stereocenters. The molecule has 7 heteroatoms. The van der Waals surface area contributed by atoms with Crippen LogP contribution in [-0.2, 0) is 19.2 Å². The molecule has 1 saturated carbocycles. The van der Waals surface area contributed by atoms with Crippen LogP contribution < -0.4 is 0 Å². The van der Waals surface area contributed by atoms with Crippen LogP contribution in [0.4, 0.5) is 0 Å². The van der Waals surface area contributed by atoms with Gasteiger partial charge in [-0.3, -0.25) is 14.4 Å². The van der Waals surface area contributed by atoms with E-state index in [1.54, 1.807) is 13.8 Å². The van der Waals surface area contributed by atoms with E-state index in [9.17, 15) is 24.3 Å². The molecular weight excluding hydrogens is 294 g/mol. The second kappa shape index (κ2) is 5.12. The predicted octanol–water partition coefficient (Wildman–Crippen LogP) is 0.546. The Kier molecular flexibility index (Phi) is 3.90. The van der Waals surface area contributed by atoms with E-state index in [4.69, 9.17) is 0 Å². The number of carbonyl (C=O) groups is 4. The molecule has 1 spiro atoms. The molecule has 1 N–H and O–H groups in total. The van der Waals surface area contributed by atoms with Gasteiger partial charge in [0, 0.05) is 25.1 Å². The zero-order valence-electron chi connectivity index (χ0n) is 12.1. The summed E-state index contributed by atoms with van der Waals surface area (Å²) in [6.07, 6.45) is 0.181. The zero-order chi connectivity index (χ0) is 16.0. The van der Waals surface area contributed by atoms with Crippen LogP contribution in [-0.4, -0.2) is 51.8 Å². The molecule has 1 amide bonds. The first-order valence-electron chi connectivity index (χ1n) is 6.87. The monoisotopic (exact) mass is 313 g/mol. The number of carboxylic acids is 1. The van der Waals surface area contributed by atoms with Crippen molar-refractivity contribution in [3.8, 4) is 0 Å². The van der Waals surface area contributed by atoms with E-state index in [0.717, 1.165) is 0 Å². The van der Waals surface area contributed by atoms with Gasteiger partial charge in [-0.1, -0.05) is 13.8 Å². The Balaban J connectivity index is 2.37. The van der Waals surface area contributed by atoms with Crippen LogP contribution in [0.5, 0.6) is 0 Å². The molecule has 0 aromatic heterocycles. The van der Waals surface area contributed by atoms with Gasteiger partial charge in [-0.15, -0.1) is 0 Å². The van der Waals surface area contributed by atoms with Crippen molar-refractivity contribution >= 4 is 36.1 Å². The summed E-state index contributed by atoms with van der Waals surface area (Å²) in [7, 11) is 0. The summed E-state index contributed by atoms with van der Waals surface area (Å²) in [5.41, 5.74) is -2.14. The van der Waals surface area contributed by atoms with Gasteiger partial charge in [-0.25, -0.2) is 4.79 Å². The number of aliphatic carboxylic acids is 1. The molecule has 0 bridgehead atoms. The van der Waals surface area contributed by atoms with Gasteiger partial charge < -0.3 is 10.0 Å².